The second kappa shape index (κ2) is 8.07. The van der Waals surface area contributed by atoms with Gasteiger partial charge in [0.05, 0.1) is 10.4 Å². The first-order valence-corrected chi connectivity index (χ1v) is 10.8. The Labute approximate surface area is 191 Å². The number of benzene rings is 4. The maximum atomic E-state index is 12.8. The summed E-state index contributed by atoms with van der Waals surface area (Å²) in [6.45, 7) is 0. The van der Waals surface area contributed by atoms with Gasteiger partial charge in [-0.3, -0.25) is 9.59 Å². The number of Topliss-reactive ketones (excluding diaryl/α,β-unsaturated/α-hetero) is 1. The molecule has 0 atom stereocenters. The van der Waals surface area contributed by atoms with Crippen LogP contribution in [0, 0.1) is 0 Å². The van der Waals surface area contributed by atoms with E-state index in [2.05, 4.69) is 36.4 Å². The van der Waals surface area contributed by atoms with E-state index >= 15 is 0 Å². The van der Waals surface area contributed by atoms with Gasteiger partial charge >= 0.3 is 0 Å². The molecule has 0 spiro atoms. The first-order valence-electron chi connectivity index (χ1n) is 10.4. The quantitative estimate of drug-likeness (QED) is 0.274. The molecule has 1 aliphatic rings. The Balaban J connectivity index is 1.89. The Morgan fingerprint density at radius 2 is 1.00 bits per heavy atom. The van der Waals surface area contributed by atoms with Crippen LogP contribution in [0.5, 0.6) is 0 Å². The number of rotatable bonds is 4. The Hall–Kier alpha value is -3.75. The summed E-state index contributed by atoms with van der Waals surface area (Å²) in [5.74, 6) is -1.13. The molecule has 2 nitrogen and oxygen atoms in total. The molecule has 0 radical (unpaired) electrons. The smallest absolute Gasteiger partial charge is 0.233 e. The number of allylic oxidation sites excluding steroid dienone is 1. The average molecular weight is 435 g/mol. The molecule has 0 amide bonds. The highest BCUT2D eigenvalue weighted by atomic mass is 35.5. The third-order valence-electron chi connectivity index (χ3n) is 6.06. The summed E-state index contributed by atoms with van der Waals surface area (Å²) in [6.07, 6.45) is 1.20. The number of hydrogen-bond donors (Lipinski definition) is 0. The predicted octanol–water partition coefficient (Wildman–Crippen LogP) is 6.41. The molecule has 0 aromatic heterocycles. The summed E-state index contributed by atoms with van der Waals surface area (Å²) in [7, 11) is 0. The normalized spacial score (nSPS) is 13.5. The molecule has 0 unspecified atom stereocenters. The largest absolute Gasteiger partial charge is 0.285 e. The number of fused-ring (bicyclic) bond motifs is 1. The molecule has 4 aromatic carbocycles. The van der Waals surface area contributed by atoms with Crippen molar-refractivity contribution >= 4 is 28.2 Å². The van der Waals surface area contributed by atoms with E-state index in [-0.39, 0.29) is 0 Å². The van der Waals surface area contributed by atoms with Crippen molar-refractivity contribution in [2.45, 2.75) is 5.41 Å². The van der Waals surface area contributed by atoms with E-state index in [1.54, 1.807) is 0 Å². The van der Waals surface area contributed by atoms with Crippen molar-refractivity contribution in [1.29, 1.82) is 0 Å². The van der Waals surface area contributed by atoms with Gasteiger partial charge in [0, 0.05) is 17.2 Å². The number of halogens is 1. The third kappa shape index (κ3) is 3.12. The molecule has 1 aliphatic carbocycles. The molecule has 0 bridgehead atoms. The lowest BCUT2D eigenvalue weighted by atomic mass is 9.64. The molecular formula is C29H19ClO2. The monoisotopic (exact) mass is 434 g/mol. The zero-order valence-corrected chi connectivity index (χ0v) is 17.9. The van der Waals surface area contributed by atoms with E-state index in [9.17, 15) is 9.59 Å². The van der Waals surface area contributed by atoms with E-state index < -0.39 is 17.0 Å². The Bertz CT molecular complexity index is 1240. The standard InChI is InChI=1S/C29H19ClO2/c30-26-19-27(31)28(32)25-18-23(16-17-24(25)26)29(20-10-4-1-5-11-20,21-12-6-2-7-13-21)22-14-8-3-9-15-22/h1-19H. The van der Waals surface area contributed by atoms with E-state index in [1.807, 2.05) is 72.8 Å². The first kappa shape index (κ1) is 20.2. The molecule has 5 rings (SSSR count). The predicted molar refractivity (Wildman–Crippen MR) is 128 cm³/mol. The van der Waals surface area contributed by atoms with Crippen LogP contribution >= 0.6 is 11.6 Å². The molecule has 0 aliphatic heterocycles. The minimum Gasteiger partial charge on any atom is -0.285 e. The summed E-state index contributed by atoms with van der Waals surface area (Å²) in [5.41, 5.74) is 4.33. The summed E-state index contributed by atoms with van der Waals surface area (Å²) >= 11 is 6.31. The maximum Gasteiger partial charge on any atom is 0.233 e. The molecule has 0 saturated carbocycles. The zero-order chi connectivity index (χ0) is 22.1. The van der Waals surface area contributed by atoms with Gasteiger partial charge in [-0.05, 0) is 28.3 Å². The van der Waals surface area contributed by atoms with Gasteiger partial charge in [0.25, 0.3) is 0 Å². The van der Waals surface area contributed by atoms with Crippen molar-refractivity contribution < 1.29 is 9.59 Å². The van der Waals surface area contributed by atoms with E-state index in [1.165, 1.54) is 6.08 Å². The second-order valence-electron chi connectivity index (χ2n) is 7.79. The summed E-state index contributed by atoms with van der Waals surface area (Å²) in [4.78, 5) is 25.0. The zero-order valence-electron chi connectivity index (χ0n) is 17.2. The summed E-state index contributed by atoms with van der Waals surface area (Å²) in [6, 6.07) is 36.3. The Morgan fingerprint density at radius 1 is 0.531 bits per heavy atom. The fourth-order valence-corrected chi connectivity index (χ4v) is 4.89. The average Bonchev–Trinajstić information content (AvgIpc) is 2.85. The lowest BCUT2D eigenvalue weighted by Gasteiger charge is -2.37. The Kier molecular flexibility index (Phi) is 5.08. The van der Waals surface area contributed by atoms with Gasteiger partial charge in [-0.25, -0.2) is 0 Å². The molecule has 0 fully saturated rings. The van der Waals surface area contributed by atoms with Crippen molar-refractivity contribution in [3.63, 3.8) is 0 Å². The fourth-order valence-electron chi connectivity index (χ4n) is 4.63. The van der Waals surface area contributed by atoms with Crippen molar-refractivity contribution in [2.75, 3.05) is 0 Å². The SMILES string of the molecule is O=C1C=C(Cl)c2ccc(C(c3ccccc3)(c3ccccc3)c3ccccc3)cc2C1=O. The highest BCUT2D eigenvalue weighted by Gasteiger charge is 2.39. The van der Waals surface area contributed by atoms with Crippen LogP contribution in [0.15, 0.2) is 115 Å². The van der Waals surface area contributed by atoms with Crippen molar-refractivity contribution in [1.82, 2.24) is 0 Å². The van der Waals surface area contributed by atoms with Gasteiger partial charge in [-0.15, -0.1) is 0 Å². The van der Waals surface area contributed by atoms with Crippen LogP contribution in [-0.4, -0.2) is 11.6 Å². The van der Waals surface area contributed by atoms with Gasteiger partial charge in [0.15, 0.2) is 0 Å². The molecule has 32 heavy (non-hydrogen) atoms. The number of carbonyl (C=O) groups is 2. The first-order chi connectivity index (χ1) is 15.6. The van der Waals surface area contributed by atoms with Crippen molar-refractivity contribution in [2.24, 2.45) is 0 Å². The minimum absolute atomic E-state index is 0.292. The van der Waals surface area contributed by atoms with E-state index in [0.29, 0.717) is 16.2 Å². The second-order valence-corrected chi connectivity index (χ2v) is 8.20. The van der Waals surface area contributed by atoms with Gasteiger partial charge in [0.1, 0.15) is 0 Å². The summed E-state index contributed by atoms with van der Waals surface area (Å²) in [5, 5.41) is 0.292. The summed E-state index contributed by atoms with van der Waals surface area (Å²) < 4.78 is 0. The van der Waals surface area contributed by atoms with Crippen LogP contribution in [-0.2, 0) is 10.2 Å². The fraction of sp³-hybridized carbons (Fsp3) is 0.0345. The van der Waals surface area contributed by atoms with Gasteiger partial charge < -0.3 is 0 Å². The molecule has 0 N–H and O–H groups in total. The maximum absolute atomic E-state index is 12.8. The van der Waals surface area contributed by atoms with Crippen LogP contribution in [0.1, 0.15) is 38.2 Å². The highest BCUT2D eigenvalue weighted by molar-refractivity contribution is 6.59. The van der Waals surface area contributed by atoms with Crippen molar-refractivity contribution in [3.8, 4) is 0 Å². The van der Waals surface area contributed by atoms with Gasteiger partial charge in [-0.2, -0.15) is 0 Å². The van der Waals surface area contributed by atoms with Gasteiger partial charge in [-0.1, -0.05) is 115 Å². The Morgan fingerprint density at radius 3 is 1.47 bits per heavy atom. The molecule has 4 aromatic rings. The molecule has 3 heteroatoms. The lowest BCUT2D eigenvalue weighted by Crippen LogP contribution is -2.31. The van der Waals surface area contributed by atoms with Gasteiger partial charge in [0.2, 0.25) is 11.6 Å². The molecule has 0 heterocycles. The van der Waals surface area contributed by atoms with Crippen LogP contribution in [0.2, 0.25) is 0 Å². The van der Waals surface area contributed by atoms with E-state index in [4.69, 9.17) is 11.6 Å². The topological polar surface area (TPSA) is 34.1 Å². The van der Waals surface area contributed by atoms with E-state index in [0.717, 1.165) is 22.3 Å². The number of carbonyl (C=O) groups excluding carboxylic acids is 2. The van der Waals surface area contributed by atoms with Crippen LogP contribution in [0.4, 0.5) is 0 Å². The number of ketones is 2. The third-order valence-corrected chi connectivity index (χ3v) is 6.37. The lowest BCUT2D eigenvalue weighted by molar-refractivity contribution is -0.110. The molecule has 0 saturated heterocycles. The van der Waals surface area contributed by atoms with Crippen LogP contribution < -0.4 is 0 Å². The number of hydrogen-bond acceptors (Lipinski definition) is 2. The molecular weight excluding hydrogens is 416 g/mol. The van der Waals surface area contributed by atoms with Crippen molar-refractivity contribution in [3.05, 3.63) is 149 Å². The molecule has 154 valence electrons. The van der Waals surface area contributed by atoms with Crippen LogP contribution in [0.25, 0.3) is 5.03 Å². The minimum atomic E-state index is -0.685. The highest BCUT2D eigenvalue weighted by Crippen LogP contribution is 2.46. The van der Waals surface area contributed by atoms with Crippen LogP contribution in [0.3, 0.4) is 0 Å².